The van der Waals surface area contributed by atoms with Gasteiger partial charge in [0.2, 0.25) is 0 Å². The molecule has 3 nitrogen and oxygen atoms in total. The normalized spacial score (nSPS) is 9.95. The number of pyridine rings is 1. The molecule has 0 amide bonds. The van der Waals surface area contributed by atoms with Gasteiger partial charge in [-0.1, -0.05) is 30.3 Å². The lowest BCUT2D eigenvalue weighted by Gasteiger charge is -2.05. The molecule has 3 N–H and O–H groups in total. The average molecular weight is 272 g/mol. The van der Waals surface area contributed by atoms with Crippen LogP contribution in [0, 0.1) is 6.92 Å². The molecule has 0 aliphatic heterocycles. The van der Waals surface area contributed by atoms with Crippen molar-refractivity contribution in [3.05, 3.63) is 59.8 Å². The Kier molecular flexibility index (Phi) is 4.86. The predicted molar refractivity (Wildman–Crippen MR) is 82.1 cm³/mol. The highest BCUT2D eigenvalue weighted by Gasteiger charge is 2.04. The molecule has 1 aromatic heterocycles. The Hall–Kier alpha value is -1.94. The Balaban J connectivity index is 1.74. The zero-order chi connectivity index (χ0) is 13.5. The summed E-state index contributed by atoms with van der Waals surface area (Å²) < 4.78 is 0. The summed E-state index contributed by atoms with van der Waals surface area (Å²) in [5.74, 6) is 0.891. The number of benzene rings is 1. The zero-order valence-electron chi connectivity index (χ0n) is 10.9. The van der Waals surface area contributed by atoms with Crippen molar-refractivity contribution < 1.29 is 4.98 Å². The molecule has 0 radical (unpaired) electrons. The van der Waals surface area contributed by atoms with Gasteiger partial charge in [-0.3, -0.25) is 0 Å². The second-order valence-electron chi connectivity index (χ2n) is 4.40. The quantitative estimate of drug-likeness (QED) is 0.839. The highest BCUT2D eigenvalue weighted by Crippen LogP contribution is 2.00. The molecule has 0 atom stereocenters. The van der Waals surface area contributed by atoms with E-state index in [1.54, 1.807) is 0 Å². The van der Waals surface area contributed by atoms with Gasteiger partial charge in [0.05, 0.1) is 6.20 Å². The molecule has 0 fully saturated rings. The molecule has 0 saturated carbocycles. The number of aromatic nitrogens is 1. The summed E-state index contributed by atoms with van der Waals surface area (Å²) in [7, 11) is 0. The number of aromatic amines is 1. The predicted octanol–water partition coefficient (Wildman–Crippen LogP) is 2.34. The largest absolute Gasteiger partial charge is 0.343 e. The van der Waals surface area contributed by atoms with Crippen molar-refractivity contribution in [1.29, 1.82) is 0 Å². The molecule has 2 aromatic rings. The lowest BCUT2D eigenvalue weighted by molar-refractivity contribution is -0.361. The summed E-state index contributed by atoms with van der Waals surface area (Å²) >= 11 is 5.24. The molecule has 4 heteroatoms. The summed E-state index contributed by atoms with van der Waals surface area (Å²) in [4.78, 5) is 3.14. The number of thiocarbonyl (C=S) groups is 1. The van der Waals surface area contributed by atoms with E-state index >= 15 is 0 Å². The smallest absolute Gasteiger partial charge is 0.279 e. The van der Waals surface area contributed by atoms with Crippen LogP contribution in [0.25, 0.3) is 0 Å². The molecular weight excluding hydrogens is 254 g/mol. The van der Waals surface area contributed by atoms with Crippen LogP contribution >= 0.6 is 12.2 Å². The fourth-order valence-corrected chi connectivity index (χ4v) is 1.92. The fraction of sp³-hybridized carbons (Fsp3) is 0.200. The summed E-state index contributed by atoms with van der Waals surface area (Å²) in [6.07, 6.45) is 2.90. The third kappa shape index (κ3) is 4.67. The van der Waals surface area contributed by atoms with Gasteiger partial charge in [0.25, 0.3) is 10.9 Å². The topological polar surface area (TPSA) is 38.2 Å². The van der Waals surface area contributed by atoms with Crippen molar-refractivity contribution in [1.82, 2.24) is 5.32 Å². The van der Waals surface area contributed by atoms with Gasteiger partial charge in [0.1, 0.15) is 0 Å². The average Bonchev–Trinajstić information content (AvgIpc) is 2.43. The Morgan fingerprint density at radius 3 is 2.63 bits per heavy atom. The number of rotatable bonds is 4. The van der Waals surface area contributed by atoms with Gasteiger partial charge in [-0.2, -0.15) is 0 Å². The van der Waals surface area contributed by atoms with Gasteiger partial charge >= 0.3 is 0 Å². The van der Waals surface area contributed by atoms with Crippen LogP contribution in [0.1, 0.15) is 11.1 Å². The first-order chi connectivity index (χ1) is 9.24. The molecule has 2 rings (SSSR count). The molecule has 1 aromatic carbocycles. The highest BCUT2D eigenvalue weighted by atomic mass is 32.1. The molecule has 0 bridgehead atoms. The Bertz CT molecular complexity index is 523. The first kappa shape index (κ1) is 13.5. The monoisotopic (exact) mass is 272 g/mol. The Labute approximate surface area is 119 Å². The molecule has 0 aliphatic rings. The number of aryl methyl sites for hydroxylation is 1. The van der Waals surface area contributed by atoms with Crippen LogP contribution in [0.3, 0.4) is 0 Å². The van der Waals surface area contributed by atoms with E-state index in [-0.39, 0.29) is 0 Å². The molecule has 0 unspecified atom stereocenters. The molecule has 98 valence electrons. The van der Waals surface area contributed by atoms with E-state index in [2.05, 4.69) is 27.8 Å². The Morgan fingerprint density at radius 2 is 1.95 bits per heavy atom. The lowest BCUT2D eigenvalue weighted by Crippen LogP contribution is -2.32. The lowest BCUT2D eigenvalue weighted by atomic mass is 10.1. The standard InChI is InChI=1S/C15H17N3S/c1-12-7-8-14(17-11-12)18-15(19)16-10-9-13-5-3-2-4-6-13/h2-8,11H,9-10H2,1H3,(H2,16,17,18,19)/p+1. The summed E-state index contributed by atoms with van der Waals surface area (Å²) in [6.45, 7) is 2.86. The van der Waals surface area contributed by atoms with Crippen molar-refractivity contribution in [3.8, 4) is 0 Å². The van der Waals surface area contributed by atoms with Crippen LogP contribution in [0.4, 0.5) is 5.82 Å². The van der Waals surface area contributed by atoms with E-state index < -0.39 is 0 Å². The van der Waals surface area contributed by atoms with Gasteiger partial charge in [0, 0.05) is 12.6 Å². The second-order valence-corrected chi connectivity index (χ2v) is 4.80. The summed E-state index contributed by atoms with van der Waals surface area (Å²) in [5.41, 5.74) is 2.49. The maximum Gasteiger partial charge on any atom is 0.279 e. The van der Waals surface area contributed by atoms with Gasteiger partial charge in [-0.25, -0.2) is 10.3 Å². The van der Waals surface area contributed by atoms with Gasteiger partial charge in [0.15, 0.2) is 0 Å². The van der Waals surface area contributed by atoms with E-state index in [1.807, 2.05) is 43.5 Å². The van der Waals surface area contributed by atoms with E-state index in [4.69, 9.17) is 12.2 Å². The van der Waals surface area contributed by atoms with Gasteiger partial charge in [-0.15, -0.1) is 0 Å². The molecule has 0 aliphatic carbocycles. The number of hydrogen-bond donors (Lipinski definition) is 2. The fourth-order valence-electron chi connectivity index (χ4n) is 1.71. The van der Waals surface area contributed by atoms with Crippen molar-refractivity contribution in [2.75, 3.05) is 11.9 Å². The van der Waals surface area contributed by atoms with E-state index in [0.717, 1.165) is 18.8 Å². The van der Waals surface area contributed by atoms with E-state index in [1.165, 1.54) is 11.1 Å². The Morgan fingerprint density at radius 1 is 1.16 bits per heavy atom. The van der Waals surface area contributed by atoms with Crippen LogP contribution in [0.2, 0.25) is 0 Å². The van der Waals surface area contributed by atoms with Crippen LogP contribution in [0.15, 0.2) is 48.7 Å². The minimum absolute atomic E-state index is 0.635. The van der Waals surface area contributed by atoms with Crippen molar-refractivity contribution in [2.24, 2.45) is 0 Å². The molecule has 1 heterocycles. The molecular formula is C15H18N3S+. The zero-order valence-corrected chi connectivity index (χ0v) is 11.8. The third-order valence-electron chi connectivity index (χ3n) is 2.76. The number of nitrogens with one attached hydrogen (secondary N) is 3. The first-order valence-electron chi connectivity index (χ1n) is 6.31. The second kappa shape index (κ2) is 6.85. The number of H-pyrrole nitrogens is 1. The van der Waals surface area contributed by atoms with Crippen molar-refractivity contribution in [3.63, 3.8) is 0 Å². The minimum Gasteiger partial charge on any atom is -0.343 e. The maximum absolute atomic E-state index is 5.24. The van der Waals surface area contributed by atoms with Gasteiger partial charge < -0.3 is 5.32 Å². The molecule has 0 saturated heterocycles. The first-order valence-corrected chi connectivity index (χ1v) is 6.72. The highest BCUT2D eigenvalue weighted by molar-refractivity contribution is 7.80. The number of hydrogen-bond acceptors (Lipinski definition) is 1. The summed E-state index contributed by atoms with van der Waals surface area (Å²) in [6, 6.07) is 14.4. The van der Waals surface area contributed by atoms with Crippen LogP contribution in [0.5, 0.6) is 0 Å². The molecule has 0 spiro atoms. The van der Waals surface area contributed by atoms with Crippen molar-refractivity contribution in [2.45, 2.75) is 13.3 Å². The SMILES string of the molecule is Cc1ccc(NC(=S)NCCc2ccccc2)[nH+]c1. The number of anilines is 1. The van der Waals surface area contributed by atoms with Gasteiger partial charge in [-0.05, 0) is 42.8 Å². The van der Waals surface area contributed by atoms with Crippen LogP contribution in [-0.2, 0) is 6.42 Å². The third-order valence-corrected chi connectivity index (χ3v) is 3.00. The van der Waals surface area contributed by atoms with Crippen molar-refractivity contribution >= 4 is 23.1 Å². The minimum atomic E-state index is 0.635. The van der Waals surface area contributed by atoms with E-state index in [9.17, 15) is 0 Å². The van der Waals surface area contributed by atoms with E-state index in [0.29, 0.717) is 5.11 Å². The molecule has 19 heavy (non-hydrogen) atoms. The maximum atomic E-state index is 5.24. The van der Waals surface area contributed by atoms with Crippen LogP contribution < -0.4 is 15.6 Å². The van der Waals surface area contributed by atoms with Crippen LogP contribution in [-0.4, -0.2) is 11.7 Å². The summed E-state index contributed by atoms with van der Waals surface area (Å²) in [5, 5.41) is 6.95.